The van der Waals surface area contributed by atoms with E-state index in [1.165, 1.54) is 0 Å². The molecule has 0 saturated carbocycles. The molecule has 0 spiro atoms. The summed E-state index contributed by atoms with van der Waals surface area (Å²) in [5.41, 5.74) is -0.353. The largest absolute Gasteiger partial charge is 0.459 e. The number of ether oxygens (including phenoxy) is 1. The first-order valence-corrected chi connectivity index (χ1v) is 3.95. The van der Waals surface area contributed by atoms with Crippen LogP contribution >= 0.6 is 0 Å². The van der Waals surface area contributed by atoms with Gasteiger partial charge in [0.2, 0.25) is 0 Å². The number of rotatable bonds is 1. The van der Waals surface area contributed by atoms with Crippen molar-refractivity contribution in [3.63, 3.8) is 0 Å². The van der Waals surface area contributed by atoms with E-state index in [0.717, 1.165) is 13.0 Å². The Kier molecular flexibility index (Phi) is 2.18. The van der Waals surface area contributed by atoms with E-state index in [1.54, 1.807) is 0 Å². The van der Waals surface area contributed by atoms with Crippen molar-refractivity contribution in [3.8, 4) is 0 Å². The topological polar surface area (TPSA) is 38.3 Å². The smallest absolute Gasteiger partial charge is 0.323 e. The summed E-state index contributed by atoms with van der Waals surface area (Å²) in [5.74, 6) is -0.122. The first-order valence-electron chi connectivity index (χ1n) is 3.95. The van der Waals surface area contributed by atoms with Gasteiger partial charge in [0.1, 0.15) is 11.6 Å². The molecule has 3 heteroatoms. The van der Waals surface area contributed by atoms with Gasteiger partial charge in [-0.05, 0) is 33.7 Å². The van der Waals surface area contributed by atoms with Crippen LogP contribution in [0.4, 0.5) is 0 Å². The molecule has 0 aromatic heterocycles. The third-order valence-electron chi connectivity index (χ3n) is 1.52. The van der Waals surface area contributed by atoms with E-state index in [9.17, 15) is 4.79 Å². The van der Waals surface area contributed by atoms with Crippen LogP contribution in [0.2, 0.25) is 0 Å². The fraction of sp³-hybridized carbons (Fsp3) is 0.875. The average Bonchev–Trinajstić information content (AvgIpc) is 1.50. The highest BCUT2D eigenvalue weighted by atomic mass is 16.6. The molecule has 1 aliphatic rings. The molecular weight excluding hydrogens is 142 g/mol. The Labute approximate surface area is 67.1 Å². The molecule has 1 aliphatic heterocycles. The SMILES string of the molecule is CC(C)(C)OC(=O)[C@@H]1CCN1. The molecule has 1 atom stereocenters. The van der Waals surface area contributed by atoms with Crippen LogP contribution in [-0.4, -0.2) is 24.2 Å². The van der Waals surface area contributed by atoms with E-state index in [4.69, 9.17) is 4.74 Å². The Morgan fingerprint density at radius 1 is 1.55 bits per heavy atom. The van der Waals surface area contributed by atoms with E-state index >= 15 is 0 Å². The van der Waals surface area contributed by atoms with E-state index in [2.05, 4.69) is 5.32 Å². The Morgan fingerprint density at radius 3 is 2.36 bits per heavy atom. The van der Waals surface area contributed by atoms with Crippen molar-refractivity contribution in [1.82, 2.24) is 5.32 Å². The second-order valence-electron chi connectivity index (χ2n) is 3.83. The lowest BCUT2D eigenvalue weighted by molar-refractivity contribution is -0.159. The van der Waals surface area contributed by atoms with E-state index in [-0.39, 0.29) is 17.6 Å². The van der Waals surface area contributed by atoms with Crippen molar-refractivity contribution in [3.05, 3.63) is 0 Å². The van der Waals surface area contributed by atoms with Crippen molar-refractivity contribution < 1.29 is 9.53 Å². The maximum atomic E-state index is 11.2. The Bertz CT molecular complexity index is 156. The number of hydrogen-bond donors (Lipinski definition) is 1. The highest BCUT2D eigenvalue weighted by Crippen LogP contribution is 2.12. The molecule has 3 nitrogen and oxygen atoms in total. The molecule has 0 radical (unpaired) electrons. The van der Waals surface area contributed by atoms with Crippen LogP contribution in [-0.2, 0) is 9.53 Å². The first kappa shape index (κ1) is 8.53. The van der Waals surface area contributed by atoms with Crippen molar-refractivity contribution >= 4 is 5.97 Å². The predicted molar refractivity (Wildman–Crippen MR) is 42.3 cm³/mol. The molecule has 0 amide bonds. The van der Waals surface area contributed by atoms with E-state index in [0.29, 0.717) is 0 Å². The summed E-state index contributed by atoms with van der Waals surface area (Å²) in [7, 11) is 0. The minimum atomic E-state index is -0.353. The predicted octanol–water partition coefficient (Wildman–Crippen LogP) is 0.690. The van der Waals surface area contributed by atoms with Crippen molar-refractivity contribution in [2.24, 2.45) is 0 Å². The minimum absolute atomic E-state index is 0.0470. The molecule has 11 heavy (non-hydrogen) atoms. The number of esters is 1. The fourth-order valence-corrected chi connectivity index (χ4v) is 0.863. The van der Waals surface area contributed by atoms with E-state index < -0.39 is 0 Å². The summed E-state index contributed by atoms with van der Waals surface area (Å²) in [4.78, 5) is 11.2. The summed E-state index contributed by atoms with van der Waals surface area (Å²) >= 11 is 0. The van der Waals surface area contributed by atoms with Crippen molar-refractivity contribution in [1.29, 1.82) is 0 Å². The third-order valence-corrected chi connectivity index (χ3v) is 1.52. The molecule has 64 valence electrons. The van der Waals surface area contributed by atoms with Crippen molar-refractivity contribution in [2.75, 3.05) is 6.54 Å². The van der Waals surface area contributed by atoms with Crippen molar-refractivity contribution in [2.45, 2.75) is 38.8 Å². The van der Waals surface area contributed by atoms with Gasteiger partial charge in [0, 0.05) is 0 Å². The van der Waals surface area contributed by atoms with Crippen LogP contribution in [0.5, 0.6) is 0 Å². The first-order chi connectivity index (χ1) is 4.99. The monoisotopic (exact) mass is 157 g/mol. The molecule has 0 aromatic rings. The molecule has 0 aliphatic carbocycles. The highest BCUT2D eigenvalue weighted by Gasteiger charge is 2.29. The van der Waals surface area contributed by atoms with Crippen LogP contribution in [0.15, 0.2) is 0 Å². The molecule has 1 fully saturated rings. The molecule has 1 N–H and O–H groups in total. The van der Waals surface area contributed by atoms with Gasteiger partial charge in [0.05, 0.1) is 0 Å². The molecule has 1 heterocycles. The molecule has 0 aromatic carbocycles. The molecular formula is C8H15NO2. The van der Waals surface area contributed by atoms with Crippen LogP contribution in [0.25, 0.3) is 0 Å². The second-order valence-corrected chi connectivity index (χ2v) is 3.83. The normalized spacial score (nSPS) is 24.1. The van der Waals surface area contributed by atoms with Crippen LogP contribution in [0, 0.1) is 0 Å². The van der Waals surface area contributed by atoms with Gasteiger partial charge in [0.25, 0.3) is 0 Å². The van der Waals surface area contributed by atoms with Gasteiger partial charge in [-0.2, -0.15) is 0 Å². The van der Waals surface area contributed by atoms with Gasteiger partial charge in [-0.15, -0.1) is 0 Å². The maximum absolute atomic E-state index is 11.2. The zero-order valence-corrected chi connectivity index (χ0v) is 7.31. The highest BCUT2D eigenvalue weighted by molar-refractivity contribution is 5.77. The molecule has 1 saturated heterocycles. The number of nitrogens with one attached hydrogen (secondary N) is 1. The summed E-state index contributed by atoms with van der Waals surface area (Å²) in [6.07, 6.45) is 0.912. The number of carbonyl (C=O) groups is 1. The quantitative estimate of drug-likeness (QED) is 0.569. The molecule has 0 bridgehead atoms. The van der Waals surface area contributed by atoms with E-state index in [1.807, 2.05) is 20.8 Å². The maximum Gasteiger partial charge on any atom is 0.323 e. The lowest BCUT2D eigenvalue weighted by atomic mass is 10.1. The Balaban J connectivity index is 2.31. The summed E-state index contributed by atoms with van der Waals surface area (Å²) < 4.78 is 5.14. The summed E-state index contributed by atoms with van der Waals surface area (Å²) in [6.45, 7) is 6.57. The lowest BCUT2D eigenvalue weighted by Gasteiger charge is -2.29. The Hall–Kier alpha value is -0.570. The van der Waals surface area contributed by atoms with Gasteiger partial charge in [-0.3, -0.25) is 4.79 Å². The third kappa shape index (κ3) is 2.50. The number of carbonyl (C=O) groups excluding carboxylic acids is 1. The average molecular weight is 157 g/mol. The van der Waals surface area contributed by atoms with Gasteiger partial charge in [0.15, 0.2) is 0 Å². The minimum Gasteiger partial charge on any atom is -0.459 e. The Morgan fingerprint density at radius 2 is 2.09 bits per heavy atom. The summed E-state index contributed by atoms with van der Waals surface area (Å²) in [5, 5.41) is 2.99. The van der Waals surface area contributed by atoms with Gasteiger partial charge < -0.3 is 10.1 Å². The standard InChI is InChI=1S/C8H15NO2/c1-8(2,3)11-7(10)6-4-5-9-6/h6,9H,4-5H2,1-3H3/t6-/m0/s1. The van der Waals surface area contributed by atoms with Crippen LogP contribution in [0.1, 0.15) is 27.2 Å². The fourth-order valence-electron chi connectivity index (χ4n) is 0.863. The van der Waals surface area contributed by atoms with Crippen LogP contribution < -0.4 is 5.32 Å². The zero-order valence-electron chi connectivity index (χ0n) is 7.31. The van der Waals surface area contributed by atoms with Crippen LogP contribution in [0.3, 0.4) is 0 Å². The second kappa shape index (κ2) is 2.81. The molecule has 0 unspecified atom stereocenters. The van der Waals surface area contributed by atoms with Gasteiger partial charge in [-0.1, -0.05) is 0 Å². The zero-order chi connectivity index (χ0) is 8.48. The molecule has 1 rings (SSSR count). The number of hydrogen-bond acceptors (Lipinski definition) is 3. The van der Waals surface area contributed by atoms with Gasteiger partial charge >= 0.3 is 5.97 Å². The lowest BCUT2D eigenvalue weighted by Crippen LogP contribution is -2.50. The van der Waals surface area contributed by atoms with Gasteiger partial charge in [-0.25, -0.2) is 0 Å². The summed E-state index contributed by atoms with van der Waals surface area (Å²) in [6, 6.07) is -0.0470.